The van der Waals surface area contributed by atoms with Gasteiger partial charge in [-0.1, -0.05) is 13.8 Å². The summed E-state index contributed by atoms with van der Waals surface area (Å²) in [6.07, 6.45) is 2.15. The highest BCUT2D eigenvalue weighted by Gasteiger charge is 2.42. The zero-order chi connectivity index (χ0) is 24.2. The number of methoxy groups -OCH3 is 1. The van der Waals surface area contributed by atoms with Crippen molar-refractivity contribution in [2.24, 2.45) is 0 Å². The Morgan fingerprint density at radius 1 is 1.12 bits per heavy atom. The molecule has 0 spiro atoms. The fourth-order valence-electron chi connectivity index (χ4n) is 4.16. The zero-order valence-corrected chi connectivity index (χ0v) is 20.2. The molecule has 34 heavy (non-hydrogen) atoms. The number of anilines is 1. The predicted molar refractivity (Wildman–Crippen MR) is 129 cm³/mol. The molecule has 0 amide bonds. The standard InChI is InChI=1S/C26H30N4O4/c1-6-19-21(17-12-11-16(32-5)14-15(17)4)28-20(7-2)24(29-19)30-22-18-10-9-13-27-25(18)34-23(22)26(31)33-8-3/h9-14,22-23H,6-8H2,1-5H3,(H,29,30)/t22?,23-/m0/s1. The van der Waals surface area contributed by atoms with Crippen LogP contribution in [0.5, 0.6) is 11.6 Å². The Balaban J connectivity index is 1.75. The van der Waals surface area contributed by atoms with E-state index in [-0.39, 0.29) is 6.61 Å². The average Bonchev–Trinajstić information content (AvgIpc) is 3.22. The molecule has 2 aromatic heterocycles. The van der Waals surface area contributed by atoms with Crippen molar-refractivity contribution in [3.05, 3.63) is 59.0 Å². The van der Waals surface area contributed by atoms with Crippen LogP contribution in [-0.4, -0.2) is 40.7 Å². The van der Waals surface area contributed by atoms with Gasteiger partial charge in [0.2, 0.25) is 12.0 Å². The maximum atomic E-state index is 12.7. The Kier molecular flexibility index (Phi) is 6.95. The Labute approximate surface area is 199 Å². The molecule has 0 saturated carbocycles. The molecule has 0 bridgehead atoms. The molecular weight excluding hydrogens is 432 g/mol. The van der Waals surface area contributed by atoms with E-state index < -0.39 is 18.1 Å². The second-order valence-electron chi connectivity index (χ2n) is 8.01. The van der Waals surface area contributed by atoms with Crippen LogP contribution in [-0.2, 0) is 22.4 Å². The summed E-state index contributed by atoms with van der Waals surface area (Å²) < 4.78 is 16.5. The molecular formula is C26H30N4O4. The van der Waals surface area contributed by atoms with Crippen LogP contribution in [0.3, 0.4) is 0 Å². The van der Waals surface area contributed by atoms with E-state index >= 15 is 0 Å². The zero-order valence-electron chi connectivity index (χ0n) is 20.2. The number of carbonyl (C=O) groups is 1. The maximum absolute atomic E-state index is 12.7. The summed E-state index contributed by atoms with van der Waals surface area (Å²) in [6, 6.07) is 9.19. The van der Waals surface area contributed by atoms with Crippen LogP contribution in [0.1, 0.15) is 49.3 Å². The van der Waals surface area contributed by atoms with Gasteiger partial charge < -0.3 is 19.5 Å². The molecule has 0 fully saturated rings. The van der Waals surface area contributed by atoms with E-state index in [1.54, 1.807) is 20.2 Å². The minimum absolute atomic E-state index is 0.269. The third-order valence-corrected chi connectivity index (χ3v) is 5.89. The molecule has 4 rings (SSSR count). The van der Waals surface area contributed by atoms with Crippen molar-refractivity contribution < 1.29 is 19.0 Å². The van der Waals surface area contributed by atoms with Crippen LogP contribution in [0.15, 0.2) is 36.5 Å². The number of esters is 1. The van der Waals surface area contributed by atoms with E-state index in [1.807, 2.05) is 44.2 Å². The van der Waals surface area contributed by atoms with Gasteiger partial charge in [-0.15, -0.1) is 0 Å². The quantitative estimate of drug-likeness (QED) is 0.491. The van der Waals surface area contributed by atoms with Gasteiger partial charge >= 0.3 is 5.97 Å². The molecule has 0 aliphatic carbocycles. The van der Waals surface area contributed by atoms with E-state index in [9.17, 15) is 4.79 Å². The second kappa shape index (κ2) is 10.1. The van der Waals surface area contributed by atoms with Crippen molar-refractivity contribution >= 4 is 11.8 Å². The van der Waals surface area contributed by atoms with Gasteiger partial charge in [-0.3, -0.25) is 0 Å². The molecule has 2 atom stereocenters. The number of carbonyl (C=O) groups excluding carboxylic acids is 1. The van der Waals surface area contributed by atoms with E-state index in [2.05, 4.69) is 17.2 Å². The van der Waals surface area contributed by atoms with Crippen LogP contribution < -0.4 is 14.8 Å². The van der Waals surface area contributed by atoms with Gasteiger partial charge in [0, 0.05) is 17.3 Å². The van der Waals surface area contributed by atoms with E-state index in [1.165, 1.54) is 0 Å². The fraction of sp³-hybridized carbons (Fsp3) is 0.385. The van der Waals surface area contributed by atoms with E-state index in [4.69, 9.17) is 24.2 Å². The lowest BCUT2D eigenvalue weighted by atomic mass is 10.0. The fourth-order valence-corrected chi connectivity index (χ4v) is 4.16. The Bertz CT molecular complexity index is 1200. The van der Waals surface area contributed by atoms with Crippen molar-refractivity contribution in [2.45, 2.75) is 52.7 Å². The first-order chi connectivity index (χ1) is 16.5. The molecule has 1 aliphatic rings. The van der Waals surface area contributed by atoms with Crippen molar-refractivity contribution in [3.63, 3.8) is 0 Å². The molecule has 0 saturated heterocycles. The normalized spacial score (nSPS) is 16.5. The first kappa shape index (κ1) is 23.5. The summed E-state index contributed by atoms with van der Waals surface area (Å²) in [6.45, 7) is 8.18. The lowest BCUT2D eigenvalue weighted by molar-refractivity contribution is -0.151. The van der Waals surface area contributed by atoms with Crippen molar-refractivity contribution in [2.75, 3.05) is 19.0 Å². The number of hydrogen-bond donors (Lipinski definition) is 1. The number of nitrogens with one attached hydrogen (secondary N) is 1. The van der Waals surface area contributed by atoms with Crippen LogP contribution in [0.25, 0.3) is 11.3 Å². The van der Waals surface area contributed by atoms with Gasteiger partial charge in [-0.05, 0) is 62.6 Å². The first-order valence-corrected chi connectivity index (χ1v) is 11.6. The third kappa shape index (κ3) is 4.40. The average molecular weight is 463 g/mol. The van der Waals surface area contributed by atoms with Crippen molar-refractivity contribution in [1.82, 2.24) is 15.0 Å². The molecule has 3 heterocycles. The monoisotopic (exact) mass is 462 g/mol. The number of pyridine rings is 1. The van der Waals surface area contributed by atoms with Gasteiger partial charge in [-0.2, -0.15) is 0 Å². The van der Waals surface area contributed by atoms with Gasteiger partial charge in [0.25, 0.3) is 0 Å². The van der Waals surface area contributed by atoms with Crippen molar-refractivity contribution in [1.29, 1.82) is 0 Å². The number of benzene rings is 1. The van der Waals surface area contributed by atoms with Crippen LogP contribution in [0.2, 0.25) is 0 Å². The van der Waals surface area contributed by atoms with Crippen molar-refractivity contribution in [3.8, 4) is 22.9 Å². The number of nitrogens with zero attached hydrogens (tertiary/aromatic N) is 3. The molecule has 1 N–H and O–H groups in total. The molecule has 8 nitrogen and oxygen atoms in total. The number of ether oxygens (including phenoxy) is 3. The number of fused-ring (bicyclic) bond motifs is 1. The van der Waals surface area contributed by atoms with E-state index in [0.29, 0.717) is 24.5 Å². The van der Waals surface area contributed by atoms with Crippen LogP contribution in [0, 0.1) is 6.92 Å². The highest BCUT2D eigenvalue weighted by Crippen LogP contribution is 2.38. The predicted octanol–water partition coefficient (Wildman–Crippen LogP) is 4.46. The molecule has 1 aromatic carbocycles. The number of hydrogen-bond acceptors (Lipinski definition) is 8. The number of aromatic nitrogens is 3. The van der Waals surface area contributed by atoms with Crippen LogP contribution in [0.4, 0.5) is 5.82 Å². The highest BCUT2D eigenvalue weighted by molar-refractivity contribution is 5.79. The number of rotatable bonds is 8. The first-order valence-electron chi connectivity index (χ1n) is 11.6. The Morgan fingerprint density at radius 2 is 1.91 bits per heavy atom. The molecule has 178 valence electrons. The summed E-state index contributed by atoms with van der Waals surface area (Å²) >= 11 is 0. The van der Waals surface area contributed by atoms with Gasteiger partial charge in [0.1, 0.15) is 17.6 Å². The SMILES string of the molecule is CCOC(=O)[C@H]1Oc2ncccc2C1Nc1nc(CC)c(-c2ccc(OC)cc2C)nc1CC. The summed E-state index contributed by atoms with van der Waals surface area (Å²) in [4.78, 5) is 26.9. The smallest absolute Gasteiger partial charge is 0.349 e. The lowest BCUT2D eigenvalue weighted by Gasteiger charge is -2.22. The van der Waals surface area contributed by atoms with Gasteiger partial charge in [0.05, 0.1) is 30.8 Å². The minimum atomic E-state index is -0.857. The lowest BCUT2D eigenvalue weighted by Crippen LogP contribution is -2.35. The highest BCUT2D eigenvalue weighted by atomic mass is 16.6. The Hall–Kier alpha value is -3.68. The molecule has 1 unspecified atom stereocenters. The molecule has 0 radical (unpaired) electrons. The summed E-state index contributed by atoms with van der Waals surface area (Å²) in [5.74, 6) is 1.42. The topological polar surface area (TPSA) is 95.5 Å². The molecule has 8 heteroatoms. The maximum Gasteiger partial charge on any atom is 0.349 e. The second-order valence-corrected chi connectivity index (χ2v) is 8.01. The molecule has 3 aromatic rings. The van der Waals surface area contributed by atoms with Crippen LogP contribution >= 0.6 is 0 Å². The summed E-state index contributed by atoms with van der Waals surface area (Å²) in [5.41, 5.74) is 5.41. The van der Waals surface area contributed by atoms with Gasteiger partial charge in [0.15, 0.2) is 0 Å². The number of aryl methyl sites for hydroxylation is 3. The third-order valence-electron chi connectivity index (χ3n) is 5.89. The molecule has 1 aliphatic heterocycles. The van der Waals surface area contributed by atoms with Gasteiger partial charge in [-0.25, -0.2) is 19.7 Å². The van der Waals surface area contributed by atoms with E-state index in [0.717, 1.165) is 39.5 Å². The Morgan fingerprint density at radius 3 is 2.59 bits per heavy atom. The minimum Gasteiger partial charge on any atom is -0.497 e. The summed E-state index contributed by atoms with van der Waals surface area (Å²) in [5, 5.41) is 3.43. The summed E-state index contributed by atoms with van der Waals surface area (Å²) in [7, 11) is 1.66. The largest absolute Gasteiger partial charge is 0.497 e.